The van der Waals surface area contributed by atoms with E-state index in [9.17, 15) is 0 Å². The maximum absolute atomic E-state index is 5.61. The highest BCUT2D eigenvalue weighted by atomic mass is 15.3. The Hall–Kier alpha value is -2.21. The van der Waals surface area contributed by atoms with E-state index in [4.69, 9.17) is 5.73 Å². The highest BCUT2D eigenvalue weighted by molar-refractivity contribution is 5.80. The van der Waals surface area contributed by atoms with Gasteiger partial charge in [0.05, 0.1) is 23.9 Å². The highest BCUT2D eigenvalue weighted by Crippen LogP contribution is 2.17. The molecule has 0 aliphatic rings. The Morgan fingerprint density at radius 2 is 2.18 bits per heavy atom. The zero-order valence-corrected chi connectivity index (χ0v) is 9.41. The molecule has 0 fully saturated rings. The van der Waals surface area contributed by atoms with Gasteiger partial charge in [-0.15, -0.1) is 0 Å². The number of nitrogens with zero attached hydrogens (tertiary/aromatic N) is 5. The Bertz CT molecular complexity index is 665. The van der Waals surface area contributed by atoms with Gasteiger partial charge in [0.1, 0.15) is 12.2 Å². The van der Waals surface area contributed by atoms with E-state index >= 15 is 0 Å². The predicted molar refractivity (Wildman–Crippen MR) is 63.5 cm³/mol. The van der Waals surface area contributed by atoms with E-state index in [1.165, 1.54) is 6.33 Å². The van der Waals surface area contributed by atoms with Gasteiger partial charge in [-0.2, -0.15) is 10.2 Å². The van der Waals surface area contributed by atoms with Crippen molar-refractivity contribution in [3.63, 3.8) is 0 Å². The van der Waals surface area contributed by atoms with E-state index in [1.54, 1.807) is 4.68 Å². The van der Waals surface area contributed by atoms with Crippen molar-refractivity contribution >= 4 is 10.9 Å². The maximum Gasteiger partial charge on any atom is 0.145 e. The summed E-state index contributed by atoms with van der Waals surface area (Å²) in [5, 5.41) is 9.45. The lowest BCUT2D eigenvalue weighted by Crippen LogP contribution is -2.07. The van der Waals surface area contributed by atoms with Gasteiger partial charge in [-0.05, 0) is 18.2 Å². The molecule has 2 heterocycles. The Kier molecular flexibility index (Phi) is 2.15. The maximum atomic E-state index is 5.61. The lowest BCUT2D eigenvalue weighted by Gasteiger charge is -2.04. The first-order valence-corrected chi connectivity index (χ1v) is 5.30. The Morgan fingerprint density at radius 3 is 3.00 bits per heavy atom. The summed E-state index contributed by atoms with van der Waals surface area (Å²) in [6.45, 7) is 0.366. The summed E-state index contributed by atoms with van der Waals surface area (Å²) in [5.41, 5.74) is 7.64. The first kappa shape index (κ1) is 9.98. The highest BCUT2D eigenvalue weighted by Gasteiger charge is 2.06. The van der Waals surface area contributed by atoms with Crippen molar-refractivity contribution in [1.29, 1.82) is 0 Å². The molecule has 86 valence electrons. The van der Waals surface area contributed by atoms with Crippen molar-refractivity contribution in [2.24, 2.45) is 12.8 Å². The number of nitrogens with two attached hydrogens (primary N) is 1. The SMILES string of the molecule is Cn1ncc2cc(-n3ncnc3CN)ccc21. The number of hydrogen-bond acceptors (Lipinski definition) is 4. The summed E-state index contributed by atoms with van der Waals surface area (Å²) < 4.78 is 3.58. The molecule has 1 aromatic carbocycles. The first-order chi connectivity index (χ1) is 8.29. The molecule has 0 radical (unpaired) electrons. The Balaban J connectivity index is 2.18. The molecule has 0 bridgehead atoms. The van der Waals surface area contributed by atoms with Gasteiger partial charge >= 0.3 is 0 Å². The molecule has 2 aromatic heterocycles. The van der Waals surface area contributed by atoms with Crippen molar-refractivity contribution in [3.8, 4) is 5.69 Å². The van der Waals surface area contributed by atoms with Gasteiger partial charge in [-0.3, -0.25) is 4.68 Å². The molecule has 6 heteroatoms. The molecule has 0 spiro atoms. The largest absolute Gasteiger partial charge is 0.324 e. The van der Waals surface area contributed by atoms with Crippen LogP contribution in [0.15, 0.2) is 30.7 Å². The molecule has 0 saturated carbocycles. The van der Waals surface area contributed by atoms with Crippen molar-refractivity contribution in [2.75, 3.05) is 0 Å². The van der Waals surface area contributed by atoms with E-state index in [-0.39, 0.29) is 0 Å². The smallest absolute Gasteiger partial charge is 0.145 e. The summed E-state index contributed by atoms with van der Waals surface area (Å²) >= 11 is 0. The third kappa shape index (κ3) is 1.50. The number of aromatic nitrogens is 5. The van der Waals surface area contributed by atoms with E-state index in [2.05, 4.69) is 15.2 Å². The zero-order chi connectivity index (χ0) is 11.8. The molecule has 3 aromatic rings. The third-order valence-electron chi connectivity index (χ3n) is 2.78. The van der Waals surface area contributed by atoms with Crippen molar-refractivity contribution in [2.45, 2.75) is 6.54 Å². The number of aryl methyl sites for hydroxylation is 1. The molecule has 6 nitrogen and oxygen atoms in total. The van der Waals surface area contributed by atoms with Gasteiger partial charge in [0, 0.05) is 12.4 Å². The van der Waals surface area contributed by atoms with E-state index < -0.39 is 0 Å². The first-order valence-electron chi connectivity index (χ1n) is 5.30. The minimum Gasteiger partial charge on any atom is -0.324 e. The average molecular weight is 228 g/mol. The van der Waals surface area contributed by atoms with Crippen molar-refractivity contribution in [1.82, 2.24) is 24.5 Å². The molecular formula is C11H12N6. The summed E-state index contributed by atoms with van der Waals surface area (Å²) in [6, 6.07) is 6.02. The van der Waals surface area contributed by atoms with Crippen LogP contribution in [0.2, 0.25) is 0 Å². The number of rotatable bonds is 2. The van der Waals surface area contributed by atoms with Crippen LogP contribution in [-0.4, -0.2) is 24.5 Å². The summed E-state index contributed by atoms with van der Waals surface area (Å²) in [5.74, 6) is 0.744. The topological polar surface area (TPSA) is 74.5 Å². The molecule has 0 aliphatic heterocycles. The summed E-state index contributed by atoms with van der Waals surface area (Å²) in [6.07, 6.45) is 3.34. The molecule has 3 rings (SSSR count). The molecule has 0 unspecified atom stereocenters. The Labute approximate surface area is 97.7 Å². The predicted octanol–water partition coefficient (Wildman–Crippen LogP) is 0.613. The van der Waals surface area contributed by atoms with Gasteiger partial charge in [-0.25, -0.2) is 9.67 Å². The number of fused-ring (bicyclic) bond motifs is 1. The fourth-order valence-corrected chi connectivity index (χ4v) is 1.90. The van der Waals surface area contributed by atoms with Gasteiger partial charge in [-0.1, -0.05) is 0 Å². The van der Waals surface area contributed by atoms with Crippen LogP contribution in [-0.2, 0) is 13.6 Å². The zero-order valence-electron chi connectivity index (χ0n) is 9.41. The normalized spacial score (nSPS) is 11.2. The molecular weight excluding hydrogens is 216 g/mol. The lowest BCUT2D eigenvalue weighted by molar-refractivity contribution is 0.788. The van der Waals surface area contributed by atoms with Crippen LogP contribution < -0.4 is 5.73 Å². The van der Waals surface area contributed by atoms with Crippen LogP contribution in [0.4, 0.5) is 0 Å². The minimum atomic E-state index is 0.366. The minimum absolute atomic E-state index is 0.366. The summed E-state index contributed by atoms with van der Waals surface area (Å²) in [7, 11) is 1.92. The molecule has 17 heavy (non-hydrogen) atoms. The second-order valence-corrected chi connectivity index (χ2v) is 3.80. The standard InChI is InChI=1S/C11H12N6/c1-16-10-3-2-9(4-8(10)6-14-16)17-11(5-12)13-7-15-17/h2-4,6-7H,5,12H2,1H3. The van der Waals surface area contributed by atoms with E-state index in [0.29, 0.717) is 6.54 Å². The quantitative estimate of drug-likeness (QED) is 0.697. The van der Waals surface area contributed by atoms with Crippen LogP contribution in [0.25, 0.3) is 16.6 Å². The summed E-state index contributed by atoms with van der Waals surface area (Å²) in [4.78, 5) is 4.10. The van der Waals surface area contributed by atoms with Crippen molar-refractivity contribution < 1.29 is 0 Å². The van der Waals surface area contributed by atoms with Gasteiger partial charge in [0.15, 0.2) is 0 Å². The second-order valence-electron chi connectivity index (χ2n) is 3.80. The van der Waals surface area contributed by atoms with E-state index in [1.807, 2.05) is 36.1 Å². The van der Waals surface area contributed by atoms with Crippen LogP contribution in [0.5, 0.6) is 0 Å². The van der Waals surface area contributed by atoms with E-state index in [0.717, 1.165) is 22.4 Å². The van der Waals surface area contributed by atoms with Gasteiger partial charge in [0.25, 0.3) is 0 Å². The molecule has 0 aliphatic carbocycles. The number of benzene rings is 1. The van der Waals surface area contributed by atoms with Crippen LogP contribution in [0, 0.1) is 0 Å². The van der Waals surface area contributed by atoms with Crippen LogP contribution in [0.3, 0.4) is 0 Å². The van der Waals surface area contributed by atoms with Crippen LogP contribution >= 0.6 is 0 Å². The molecule has 2 N–H and O–H groups in total. The Morgan fingerprint density at radius 1 is 1.29 bits per heavy atom. The average Bonchev–Trinajstić information content (AvgIpc) is 2.96. The third-order valence-corrected chi connectivity index (χ3v) is 2.78. The fourth-order valence-electron chi connectivity index (χ4n) is 1.90. The fraction of sp³-hybridized carbons (Fsp3) is 0.182. The monoisotopic (exact) mass is 228 g/mol. The number of hydrogen-bond donors (Lipinski definition) is 1. The van der Waals surface area contributed by atoms with Crippen LogP contribution in [0.1, 0.15) is 5.82 Å². The molecule has 0 amide bonds. The van der Waals surface area contributed by atoms with Crippen molar-refractivity contribution in [3.05, 3.63) is 36.5 Å². The molecule has 0 atom stereocenters. The van der Waals surface area contributed by atoms with Gasteiger partial charge < -0.3 is 5.73 Å². The second kappa shape index (κ2) is 3.67. The van der Waals surface area contributed by atoms with Gasteiger partial charge in [0.2, 0.25) is 0 Å². The molecule has 0 saturated heterocycles. The lowest BCUT2D eigenvalue weighted by atomic mass is 10.2.